The molecule has 0 aliphatic carbocycles. The van der Waals surface area contributed by atoms with Gasteiger partial charge in [0.05, 0.1) is 11.5 Å². The normalized spacial score (nSPS) is 21.8. The van der Waals surface area contributed by atoms with Crippen LogP contribution in [0.5, 0.6) is 0 Å². The van der Waals surface area contributed by atoms with E-state index in [1.54, 1.807) is 18.5 Å². The summed E-state index contributed by atoms with van der Waals surface area (Å²) >= 11 is 0. The molecule has 2 N–H and O–H groups in total. The third-order valence-corrected chi connectivity index (χ3v) is 4.68. The molecule has 19 heavy (non-hydrogen) atoms. The van der Waals surface area contributed by atoms with Crippen LogP contribution in [0.15, 0.2) is 24.5 Å². The molecule has 1 atom stereocenters. The van der Waals surface area contributed by atoms with Gasteiger partial charge in [0.15, 0.2) is 9.84 Å². The number of aromatic nitrogens is 1. The summed E-state index contributed by atoms with van der Waals surface area (Å²) in [4.78, 5) is 15.7. The number of rotatable bonds is 4. The van der Waals surface area contributed by atoms with E-state index in [1.165, 1.54) is 0 Å². The van der Waals surface area contributed by atoms with Crippen molar-refractivity contribution in [2.24, 2.45) is 0 Å². The van der Waals surface area contributed by atoms with Crippen molar-refractivity contribution in [2.75, 3.05) is 18.1 Å². The van der Waals surface area contributed by atoms with Crippen molar-refractivity contribution in [3.8, 4) is 0 Å². The van der Waals surface area contributed by atoms with Crippen LogP contribution in [0.1, 0.15) is 12.0 Å². The molecule has 2 rings (SSSR count). The first-order valence-corrected chi connectivity index (χ1v) is 7.97. The average molecular weight is 283 g/mol. The van der Waals surface area contributed by atoms with Crippen molar-refractivity contribution in [1.29, 1.82) is 0 Å². The zero-order valence-corrected chi connectivity index (χ0v) is 11.3. The standard InChI is InChI=1S/C12H17N3O3S/c16-12(15-8-10-2-1-3-13-7-10)6-11-9-19(17,18)5-4-14-11/h1-3,7,11,14H,4-6,8-9H2,(H,15,16). The lowest BCUT2D eigenvalue weighted by Gasteiger charge is -2.23. The van der Waals surface area contributed by atoms with Crippen molar-refractivity contribution in [3.05, 3.63) is 30.1 Å². The molecule has 0 spiro atoms. The van der Waals surface area contributed by atoms with Gasteiger partial charge in [-0.3, -0.25) is 9.78 Å². The Bertz CT molecular complexity index is 530. The van der Waals surface area contributed by atoms with Crippen LogP contribution < -0.4 is 10.6 Å². The molecule has 0 saturated carbocycles. The van der Waals surface area contributed by atoms with Crippen LogP contribution in [0.2, 0.25) is 0 Å². The van der Waals surface area contributed by atoms with E-state index in [9.17, 15) is 13.2 Å². The summed E-state index contributed by atoms with van der Waals surface area (Å²) in [5.74, 6) is 0.0344. The summed E-state index contributed by atoms with van der Waals surface area (Å²) in [6, 6.07) is 3.39. The molecule has 1 aliphatic rings. The van der Waals surface area contributed by atoms with Crippen LogP contribution in [0, 0.1) is 0 Å². The van der Waals surface area contributed by atoms with Crippen molar-refractivity contribution in [2.45, 2.75) is 19.0 Å². The highest BCUT2D eigenvalue weighted by Gasteiger charge is 2.25. The number of sulfone groups is 1. The second kappa shape index (κ2) is 6.12. The monoisotopic (exact) mass is 283 g/mol. The van der Waals surface area contributed by atoms with E-state index in [4.69, 9.17) is 0 Å². The van der Waals surface area contributed by atoms with Gasteiger partial charge >= 0.3 is 0 Å². The van der Waals surface area contributed by atoms with Gasteiger partial charge in [0.1, 0.15) is 0 Å². The lowest BCUT2D eigenvalue weighted by Crippen LogP contribution is -2.47. The average Bonchev–Trinajstić information content (AvgIpc) is 2.36. The van der Waals surface area contributed by atoms with Crippen LogP contribution in [0.3, 0.4) is 0 Å². The van der Waals surface area contributed by atoms with Gasteiger partial charge in [0.2, 0.25) is 5.91 Å². The molecular formula is C12H17N3O3S. The number of nitrogens with zero attached hydrogens (tertiary/aromatic N) is 1. The first-order chi connectivity index (χ1) is 9.05. The Labute approximate surface area is 112 Å². The van der Waals surface area contributed by atoms with Crippen molar-refractivity contribution >= 4 is 15.7 Å². The van der Waals surface area contributed by atoms with E-state index in [1.807, 2.05) is 6.07 Å². The minimum Gasteiger partial charge on any atom is -0.352 e. The number of hydrogen-bond acceptors (Lipinski definition) is 5. The molecule has 1 amide bonds. The van der Waals surface area contributed by atoms with E-state index < -0.39 is 9.84 Å². The molecule has 1 aliphatic heterocycles. The number of pyridine rings is 1. The van der Waals surface area contributed by atoms with Crippen LogP contribution in [0.25, 0.3) is 0 Å². The highest BCUT2D eigenvalue weighted by Crippen LogP contribution is 2.05. The molecule has 1 aromatic rings. The zero-order valence-electron chi connectivity index (χ0n) is 10.5. The topological polar surface area (TPSA) is 88.2 Å². The molecule has 0 aromatic carbocycles. The van der Waals surface area contributed by atoms with Gasteiger partial charge < -0.3 is 10.6 Å². The second-order valence-corrected chi connectivity index (χ2v) is 6.84. The third-order valence-electron chi connectivity index (χ3n) is 2.95. The quantitative estimate of drug-likeness (QED) is 0.776. The first kappa shape index (κ1) is 14.0. The Morgan fingerprint density at radius 2 is 2.37 bits per heavy atom. The van der Waals surface area contributed by atoms with Gasteiger partial charge in [0, 0.05) is 37.9 Å². The second-order valence-electron chi connectivity index (χ2n) is 4.61. The van der Waals surface area contributed by atoms with E-state index >= 15 is 0 Å². The number of hydrogen-bond donors (Lipinski definition) is 2. The molecule has 1 saturated heterocycles. The highest BCUT2D eigenvalue weighted by atomic mass is 32.2. The Morgan fingerprint density at radius 1 is 1.53 bits per heavy atom. The number of carbonyl (C=O) groups is 1. The maximum absolute atomic E-state index is 11.7. The Kier molecular flexibility index (Phi) is 4.49. The van der Waals surface area contributed by atoms with Gasteiger partial charge in [0.25, 0.3) is 0 Å². The van der Waals surface area contributed by atoms with Gasteiger partial charge in [-0.05, 0) is 11.6 Å². The predicted octanol–water partition coefficient (Wildman–Crippen LogP) is -0.525. The van der Waals surface area contributed by atoms with E-state index in [0.717, 1.165) is 5.56 Å². The summed E-state index contributed by atoms with van der Waals surface area (Å²) < 4.78 is 22.9. The van der Waals surface area contributed by atoms with Crippen LogP contribution in [0.4, 0.5) is 0 Å². The van der Waals surface area contributed by atoms with Crippen molar-refractivity contribution < 1.29 is 13.2 Å². The molecule has 6 nitrogen and oxygen atoms in total. The molecule has 1 fully saturated rings. The summed E-state index contributed by atoms with van der Waals surface area (Å²) in [6.45, 7) is 0.828. The Morgan fingerprint density at radius 3 is 3.05 bits per heavy atom. The highest BCUT2D eigenvalue weighted by molar-refractivity contribution is 7.91. The lowest BCUT2D eigenvalue weighted by molar-refractivity contribution is -0.121. The molecule has 7 heteroatoms. The fourth-order valence-electron chi connectivity index (χ4n) is 2.00. The molecule has 2 heterocycles. The van der Waals surface area contributed by atoms with Crippen LogP contribution in [-0.2, 0) is 21.2 Å². The summed E-state index contributed by atoms with van der Waals surface area (Å²) in [5.41, 5.74) is 0.917. The smallest absolute Gasteiger partial charge is 0.221 e. The van der Waals surface area contributed by atoms with Gasteiger partial charge in [-0.25, -0.2) is 8.42 Å². The maximum atomic E-state index is 11.7. The Hall–Kier alpha value is -1.47. The molecule has 1 unspecified atom stereocenters. The Balaban J connectivity index is 1.78. The van der Waals surface area contributed by atoms with Crippen molar-refractivity contribution in [1.82, 2.24) is 15.6 Å². The number of amides is 1. The minimum atomic E-state index is -3.00. The van der Waals surface area contributed by atoms with Crippen LogP contribution >= 0.6 is 0 Å². The molecule has 1 aromatic heterocycles. The fraction of sp³-hybridized carbons (Fsp3) is 0.500. The van der Waals surface area contributed by atoms with Crippen molar-refractivity contribution in [3.63, 3.8) is 0 Å². The molecule has 0 radical (unpaired) electrons. The summed E-state index contributed by atoms with van der Waals surface area (Å²) in [5, 5.41) is 5.81. The van der Waals surface area contributed by atoms with Gasteiger partial charge in [-0.2, -0.15) is 0 Å². The minimum absolute atomic E-state index is 0.0350. The SMILES string of the molecule is O=C(CC1CS(=O)(=O)CCN1)NCc1cccnc1. The molecular weight excluding hydrogens is 266 g/mol. The van der Waals surface area contributed by atoms with Crippen LogP contribution in [-0.4, -0.2) is 43.4 Å². The molecule has 0 bridgehead atoms. The lowest BCUT2D eigenvalue weighted by atomic mass is 10.2. The third kappa shape index (κ3) is 4.60. The number of carbonyl (C=O) groups excluding carboxylic acids is 1. The summed E-state index contributed by atoms with van der Waals surface area (Å²) in [6.07, 6.45) is 3.53. The van der Waals surface area contributed by atoms with E-state index in [-0.39, 0.29) is 29.9 Å². The maximum Gasteiger partial charge on any atom is 0.221 e. The van der Waals surface area contributed by atoms with E-state index in [2.05, 4.69) is 15.6 Å². The predicted molar refractivity (Wildman–Crippen MR) is 71.1 cm³/mol. The van der Waals surface area contributed by atoms with Gasteiger partial charge in [-0.15, -0.1) is 0 Å². The number of nitrogens with one attached hydrogen (secondary N) is 2. The molecule has 104 valence electrons. The summed E-state index contributed by atoms with van der Waals surface area (Å²) in [7, 11) is -3.00. The largest absolute Gasteiger partial charge is 0.352 e. The first-order valence-electron chi connectivity index (χ1n) is 6.14. The van der Waals surface area contributed by atoms with Gasteiger partial charge in [-0.1, -0.05) is 6.07 Å². The van der Waals surface area contributed by atoms with E-state index in [0.29, 0.717) is 13.1 Å². The zero-order chi connectivity index (χ0) is 13.7. The fourth-order valence-corrected chi connectivity index (χ4v) is 3.44.